The van der Waals surface area contributed by atoms with Gasteiger partial charge >= 0.3 is 6.03 Å². The molecular formula is C12H17N3O2. The first-order valence-electron chi connectivity index (χ1n) is 5.50. The summed E-state index contributed by atoms with van der Waals surface area (Å²) in [6, 6.07) is 6.28. The van der Waals surface area contributed by atoms with Gasteiger partial charge in [0.25, 0.3) is 0 Å². The van der Waals surface area contributed by atoms with E-state index in [1.54, 1.807) is 24.3 Å². The molecule has 5 heteroatoms. The van der Waals surface area contributed by atoms with Crippen LogP contribution in [0, 0.1) is 0 Å². The summed E-state index contributed by atoms with van der Waals surface area (Å²) >= 11 is 0. The summed E-state index contributed by atoms with van der Waals surface area (Å²) in [5, 5.41) is 5.44. The SMILES string of the molecule is CCC(C)NC(=O)Nc1ccc(C(N)=O)cc1. The van der Waals surface area contributed by atoms with E-state index in [1.165, 1.54) is 0 Å². The summed E-state index contributed by atoms with van der Waals surface area (Å²) in [6.45, 7) is 3.92. The van der Waals surface area contributed by atoms with Crippen molar-refractivity contribution in [2.24, 2.45) is 5.73 Å². The average molecular weight is 235 g/mol. The van der Waals surface area contributed by atoms with Crippen molar-refractivity contribution < 1.29 is 9.59 Å². The minimum Gasteiger partial charge on any atom is -0.366 e. The lowest BCUT2D eigenvalue weighted by Gasteiger charge is -2.12. The van der Waals surface area contributed by atoms with Gasteiger partial charge in [-0.25, -0.2) is 4.79 Å². The number of nitrogens with two attached hydrogens (primary N) is 1. The topological polar surface area (TPSA) is 84.2 Å². The standard InChI is InChI=1S/C12H17N3O2/c1-3-8(2)14-12(17)15-10-6-4-9(5-7-10)11(13)16/h4-8H,3H2,1-2H3,(H2,13,16)(H2,14,15,17). The summed E-state index contributed by atoms with van der Waals surface area (Å²) in [6.07, 6.45) is 0.869. The molecule has 4 N–H and O–H groups in total. The molecule has 0 aliphatic carbocycles. The summed E-state index contributed by atoms with van der Waals surface area (Å²) in [7, 11) is 0. The van der Waals surface area contributed by atoms with E-state index in [0.29, 0.717) is 11.3 Å². The van der Waals surface area contributed by atoms with Crippen molar-refractivity contribution in [2.45, 2.75) is 26.3 Å². The Morgan fingerprint density at radius 3 is 2.35 bits per heavy atom. The molecule has 92 valence electrons. The molecule has 1 rings (SSSR count). The molecule has 1 unspecified atom stereocenters. The number of amides is 3. The second kappa shape index (κ2) is 5.89. The number of carbonyl (C=O) groups is 2. The van der Waals surface area contributed by atoms with E-state index in [9.17, 15) is 9.59 Å². The van der Waals surface area contributed by atoms with Crippen LogP contribution in [0.3, 0.4) is 0 Å². The van der Waals surface area contributed by atoms with Crippen molar-refractivity contribution in [3.63, 3.8) is 0 Å². The first kappa shape index (κ1) is 13.0. The highest BCUT2D eigenvalue weighted by atomic mass is 16.2. The van der Waals surface area contributed by atoms with E-state index in [-0.39, 0.29) is 12.1 Å². The van der Waals surface area contributed by atoms with Crippen LogP contribution in [0.4, 0.5) is 10.5 Å². The Bertz CT molecular complexity index is 401. The normalized spacial score (nSPS) is 11.6. The maximum atomic E-state index is 11.5. The molecule has 0 spiro atoms. The molecule has 0 aliphatic rings. The van der Waals surface area contributed by atoms with E-state index in [2.05, 4.69) is 10.6 Å². The number of rotatable bonds is 4. The van der Waals surface area contributed by atoms with Crippen LogP contribution in [0.1, 0.15) is 30.6 Å². The third kappa shape index (κ3) is 4.14. The van der Waals surface area contributed by atoms with Crippen molar-refractivity contribution in [3.05, 3.63) is 29.8 Å². The van der Waals surface area contributed by atoms with Gasteiger partial charge in [0.15, 0.2) is 0 Å². The lowest BCUT2D eigenvalue weighted by atomic mass is 10.2. The second-order valence-corrected chi connectivity index (χ2v) is 3.85. The van der Waals surface area contributed by atoms with Gasteiger partial charge in [-0.15, -0.1) is 0 Å². The molecule has 5 nitrogen and oxygen atoms in total. The Labute approximate surface area is 100 Å². The molecule has 0 saturated carbocycles. The molecule has 17 heavy (non-hydrogen) atoms. The first-order chi connectivity index (χ1) is 8.02. The minimum atomic E-state index is -0.486. The van der Waals surface area contributed by atoms with Crippen LogP contribution in [-0.4, -0.2) is 18.0 Å². The molecule has 0 bridgehead atoms. The van der Waals surface area contributed by atoms with Gasteiger partial charge in [0, 0.05) is 17.3 Å². The summed E-state index contributed by atoms with van der Waals surface area (Å²) in [5.74, 6) is -0.486. The van der Waals surface area contributed by atoms with E-state index in [4.69, 9.17) is 5.73 Å². The van der Waals surface area contributed by atoms with Gasteiger partial charge in [-0.1, -0.05) is 6.92 Å². The predicted molar refractivity (Wildman–Crippen MR) is 66.9 cm³/mol. The fraction of sp³-hybridized carbons (Fsp3) is 0.333. The number of urea groups is 1. The molecule has 0 fully saturated rings. The average Bonchev–Trinajstić information content (AvgIpc) is 2.29. The van der Waals surface area contributed by atoms with Gasteiger partial charge in [0.1, 0.15) is 0 Å². The lowest BCUT2D eigenvalue weighted by Crippen LogP contribution is -2.35. The zero-order valence-electron chi connectivity index (χ0n) is 9.99. The molecule has 0 heterocycles. The zero-order chi connectivity index (χ0) is 12.8. The highest BCUT2D eigenvalue weighted by Gasteiger charge is 2.05. The second-order valence-electron chi connectivity index (χ2n) is 3.85. The molecule has 1 atom stereocenters. The van der Waals surface area contributed by atoms with Crippen LogP contribution in [0.25, 0.3) is 0 Å². The number of hydrogen-bond acceptors (Lipinski definition) is 2. The first-order valence-corrected chi connectivity index (χ1v) is 5.50. The highest BCUT2D eigenvalue weighted by molar-refractivity contribution is 5.94. The summed E-state index contributed by atoms with van der Waals surface area (Å²) in [4.78, 5) is 22.3. The quantitative estimate of drug-likeness (QED) is 0.742. The van der Waals surface area contributed by atoms with Gasteiger partial charge in [-0.2, -0.15) is 0 Å². The van der Waals surface area contributed by atoms with E-state index in [1.807, 2.05) is 13.8 Å². The van der Waals surface area contributed by atoms with Crippen molar-refractivity contribution in [1.82, 2.24) is 5.32 Å². The third-order valence-corrected chi connectivity index (χ3v) is 2.42. The van der Waals surface area contributed by atoms with E-state index >= 15 is 0 Å². The molecule has 0 aliphatic heterocycles. The molecule has 1 aromatic rings. The third-order valence-electron chi connectivity index (χ3n) is 2.42. The summed E-state index contributed by atoms with van der Waals surface area (Å²) in [5.41, 5.74) is 6.15. The van der Waals surface area contributed by atoms with Gasteiger partial charge in [0.05, 0.1) is 0 Å². The van der Waals surface area contributed by atoms with Crippen LogP contribution in [-0.2, 0) is 0 Å². The number of anilines is 1. The molecule has 1 aromatic carbocycles. The smallest absolute Gasteiger partial charge is 0.319 e. The minimum absolute atomic E-state index is 0.125. The Hall–Kier alpha value is -2.04. The van der Waals surface area contributed by atoms with Crippen molar-refractivity contribution in [2.75, 3.05) is 5.32 Å². The number of benzene rings is 1. The van der Waals surface area contributed by atoms with Crippen LogP contribution in [0.5, 0.6) is 0 Å². The number of nitrogens with one attached hydrogen (secondary N) is 2. The largest absolute Gasteiger partial charge is 0.366 e. The monoisotopic (exact) mass is 235 g/mol. The maximum absolute atomic E-state index is 11.5. The maximum Gasteiger partial charge on any atom is 0.319 e. The molecule has 3 amide bonds. The van der Waals surface area contributed by atoms with Crippen molar-refractivity contribution in [3.8, 4) is 0 Å². The Balaban J connectivity index is 2.57. The van der Waals surface area contributed by atoms with E-state index < -0.39 is 5.91 Å². The molecule has 0 saturated heterocycles. The highest BCUT2D eigenvalue weighted by Crippen LogP contribution is 2.08. The van der Waals surface area contributed by atoms with Crippen molar-refractivity contribution in [1.29, 1.82) is 0 Å². The zero-order valence-corrected chi connectivity index (χ0v) is 9.99. The van der Waals surface area contributed by atoms with Gasteiger partial charge in [-0.3, -0.25) is 4.79 Å². The van der Waals surface area contributed by atoms with Crippen molar-refractivity contribution >= 4 is 17.6 Å². The van der Waals surface area contributed by atoms with Crippen LogP contribution in [0.2, 0.25) is 0 Å². The van der Waals surface area contributed by atoms with E-state index in [0.717, 1.165) is 6.42 Å². The molecular weight excluding hydrogens is 218 g/mol. The predicted octanol–water partition coefficient (Wildman–Crippen LogP) is 1.71. The molecule has 0 radical (unpaired) electrons. The van der Waals surface area contributed by atoms with Gasteiger partial charge in [-0.05, 0) is 37.6 Å². The lowest BCUT2D eigenvalue weighted by molar-refractivity contribution is 0.100. The number of carbonyl (C=O) groups excluding carboxylic acids is 2. The van der Waals surface area contributed by atoms with Gasteiger partial charge in [0.2, 0.25) is 5.91 Å². The Kier molecular flexibility index (Phi) is 4.51. The fourth-order valence-electron chi connectivity index (χ4n) is 1.21. The van der Waals surface area contributed by atoms with Crippen LogP contribution < -0.4 is 16.4 Å². The number of hydrogen-bond donors (Lipinski definition) is 3. The Morgan fingerprint density at radius 1 is 1.29 bits per heavy atom. The summed E-state index contributed by atoms with van der Waals surface area (Å²) < 4.78 is 0. The fourth-order valence-corrected chi connectivity index (χ4v) is 1.21. The van der Waals surface area contributed by atoms with Crippen LogP contribution >= 0.6 is 0 Å². The van der Waals surface area contributed by atoms with Crippen LogP contribution in [0.15, 0.2) is 24.3 Å². The van der Waals surface area contributed by atoms with Gasteiger partial charge < -0.3 is 16.4 Å². The number of primary amides is 1. The molecule has 0 aromatic heterocycles. The Morgan fingerprint density at radius 2 is 1.88 bits per heavy atom.